The van der Waals surface area contributed by atoms with Crippen LogP contribution in [0.4, 0.5) is 0 Å². The standard InChI is InChI=1S/C49H76N4O15/c1-25-15-30-5-7-36-26(2)16-32(62-36)9-11-49-23-35(56)46(68-49)41-22-42(67-49)47-37(65-41)8-6-31(64-47)17-28(54)18-33-39(21-38(63-30)27(25)3)66-40(45(33)60-4)19-29(55)24-52-48(59)34(20-43(51)57)53-44(58)10-13-61-14-12-50/h25,29-42,45-47,55-56H,2-3,5-24,50H2,1,4H3,(H2,51,57)(H,52,59)(H,53,58)/t25-,29+,30+,31-,32+,33+,34+,35-,36+,37+,38-,39+,40-,41-,42-,45-,46+,47?,49-/m1/s1. The smallest absolute Gasteiger partial charge is 0.243 e. The van der Waals surface area contributed by atoms with E-state index in [1.807, 2.05) is 0 Å². The molecule has 8 aliphatic rings. The van der Waals surface area contributed by atoms with Gasteiger partial charge in [0.05, 0.1) is 99.0 Å². The molecule has 8 heterocycles. The fraction of sp³-hybridized carbons (Fsp3) is 0.837. The molecule has 8 saturated heterocycles. The summed E-state index contributed by atoms with van der Waals surface area (Å²) in [5, 5.41) is 27.8. The number of nitrogens with one attached hydrogen (secondary N) is 2. The van der Waals surface area contributed by atoms with E-state index >= 15 is 0 Å². The van der Waals surface area contributed by atoms with Crippen molar-refractivity contribution in [2.24, 2.45) is 23.3 Å². The zero-order valence-electron chi connectivity index (χ0n) is 39.8. The maximum Gasteiger partial charge on any atom is 0.243 e. The Bertz CT molecular complexity index is 1820. The maximum absolute atomic E-state index is 14.3. The number of fused-ring (bicyclic) bond motifs is 9. The molecule has 8 fully saturated rings. The quantitative estimate of drug-likeness (QED) is 0.106. The molecule has 8 N–H and O–H groups in total. The number of hydrogen-bond donors (Lipinski definition) is 6. The van der Waals surface area contributed by atoms with Gasteiger partial charge < -0.3 is 74.9 Å². The second-order valence-electron chi connectivity index (χ2n) is 20.7. The van der Waals surface area contributed by atoms with Crippen molar-refractivity contribution in [3.05, 3.63) is 24.3 Å². The van der Waals surface area contributed by atoms with Gasteiger partial charge in [-0.25, -0.2) is 0 Å². The van der Waals surface area contributed by atoms with E-state index in [0.717, 1.165) is 36.8 Å². The van der Waals surface area contributed by atoms with Crippen molar-refractivity contribution in [3.8, 4) is 0 Å². The third-order valence-electron chi connectivity index (χ3n) is 15.6. The summed E-state index contributed by atoms with van der Waals surface area (Å²) in [7, 11) is 1.56. The number of aliphatic hydroxyl groups is 2. The lowest BCUT2D eigenvalue weighted by atomic mass is 9.81. The summed E-state index contributed by atoms with van der Waals surface area (Å²) in [5.41, 5.74) is 12.8. The average Bonchev–Trinajstić information content (AvgIpc) is 3.90. The Hall–Kier alpha value is -2.92. The average molecular weight is 961 g/mol. The summed E-state index contributed by atoms with van der Waals surface area (Å²) in [6.45, 7) is 11.5. The molecule has 68 heavy (non-hydrogen) atoms. The van der Waals surface area contributed by atoms with Gasteiger partial charge in [0.1, 0.15) is 24.0 Å². The number of rotatable bonds is 14. The normalized spacial score (nSPS) is 41.5. The molecule has 8 rings (SSSR count). The number of ether oxygens (including phenoxy) is 9. The maximum atomic E-state index is 14.3. The van der Waals surface area contributed by atoms with E-state index < -0.39 is 84.6 Å². The van der Waals surface area contributed by atoms with Crippen LogP contribution in [-0.2, 0) is 61.8 Å². The van der Waals surface area contributed by atoms with Crippen LogP contribution in [0.25, 0.3) is 0 Å². The highest BCUT2D eigenvalue weighted by atomic mass is 16.7. The van der Waals surface area contributed by atoms with Crippen LogP contribution in [0.5, 0.6) is 0 Å². The van der Waals surface area contributed by atoms with Crippen molar-refractivity contribution in [3.63, 3.8) is 0 Å². The minimum Gasteiger partial charge on any atom is -0.391 e. The number of aliphatic hydroxyl groups excluding tert-OH is 2. The van der Waals surface area contributed by atoms with E-state index in [1.165, 1.54) is 0 Å². The van der Waals surface area contributed by atoms with Crippen LogP contribution in [-0.4, -0.2) is 171 Å². The SMILES string of the molecule is C=C1C[C@@H]2CC[C@]34C[C@@H](O)[C@H](O3)[C@H]3C[C@@H](O4)C4O[C@H](CC[C@@H]4O3)CC(=O)C[C@@H]3[C@@H](OC)[C@@H](C[C@H](O)CNC(=O)[C@H](CC(N)=O)NC(=O)CCOCCN)O[C@H]3C[C@H]3O[C@@H](CC[C@@H]1O2)C[C@@H](C)C3=C. The topological polar surface area (TPSA) is 268 Å². The molecule has 19 nitrogen and oxygen atoms in total. The number of carbonyl (C=O) groups is 4. The van der Waals surface area contributed by atoms with Crippen LogP contribution in [0.3, 0.4) is 0 Å². The summed E-state index contributed by atoms with van der Waals surface area (Å²) < 4.78 is 58.5. The number of methoxy groups -OCH3 is 1. The van der Waals surface area contributed by atoms with Gasteiger partial charge in [0.15, 0.2) is 5.79 Å². The molecule has 3 amide bonds. The van der Waals surface area contributed by atoms with Gasteiger partial charge in [-0.1, -0.05) is 20.1 Å². The first-order valence-electron chi connectivity index (χ1n) is 25.1. The van der Waals surface area contributed by atoms with Crippen LogP contribution < -0.4 is 22.1 Å². The molecule has 0 aromatic carbocycles. The molecule has 0 radical (unpaired) electrons. The Balaban J connectivity index is 0.976. The van der Waals surface area contributed by atoms with Gasteiger partial charge >= 0.3 is 0 Å². The van der Waals surface area contributed by atoms with Crippen molar-refractivity contribution in [1.82, 2.24) is 10.6 Å². The number of Topliss-reactive ketones (excluding diaryl/α,β-unsaturated/α-hetero) is 1. The van der Waals surface area contributed by atoms with E-state index in [2.05, 4.69) is 30.7 Å². The summed E-state index contributed by atoms with van der Waals surface area (Å²) in [4.78, 5) is 52.0. The minimum atomic E-state index is -1.26. The van der Waals surface area contributed by atoms with Crippen molar-refractivity contribution >= 4 is 23.5 Å². The fourth-order valence-corrected chi connectivity index (χ4v) is 12.2. The van der Waals surface area contributed by atoms with Crippen LogP contribution in [0.1, 0.15) is 110 Å². The Kier molecular flexibility index (Phi) is 17.1. The number of carbonyl (C=O) groups excluding carboxylic acids is 4. The van der Waals surface area contributed by atoms with E-state index in [1.54, 1.807) is 7.11 Å². The first-order chi connectivity index (χ1) is 32.6. The highest BCUT2D eigenvalue weighted by molar-refractivity contribution is 5.91. The van der Waals surface area contributed by atoms with Gasteiger partial charge in [0.25, 0.3) is 0 Å². The molecule has 0 aromatic heterocycles. The summed E-state index contributed by atoms with van der Waals surface area (Å²) in [6.07, 6.45) is 0.166. The Morgan fingerprint density at radius 2 is 1.65 bits per heavy atom. The zero-order chi connectivity index (χ0) is 48.3. The first-order valence-corrected chi connectivity index (χ1v) is 25.1. The van der Waals surface area contributed by atoms with Gasteiger partial charge in [-0.05, 0) is 62.0 Å². The highest BCUT2D eigenvalue weighted by Gasteiger charge is 2.59. The number of primary amides is 1. The largest absolute Gasteiger partial charge is 0.391 e. The molecule has 382 valence electrons. The molecular weight excluding hydrogens is 885 g/mol. The monoisotopic (exact) mass is 961 g/mol. The summed E-state index contributed by atoms with van der Waals surface area (Å²) in [5.74, 6) is -3.27. The number of ketones is 1. The van der Waals surface area contributed by atoms with Crippen molar-refractivity contribution in [2.75, 3.05) is 33.4 Å². The Morgan fingerprint density at radius 1 is 0.868 bits per heavy atom. The van der Waals surface area contributed by atoms with Gasteiger partial charge in [-0.2, -0.15) is 0 Å². The van der Waals surface area contributed by atoms with Gasteiger partial charge in [-0.15, -0.1) is 0 Å². The lowest BCUT2D eigenvalue weighted by molar-refractivity contribution is -0.277. The molecule has 1 unspecified atom stereocenters. The third-order valence-corrected chi connectivity index (χ3v) is 15.6. The van der Waals surface area contributed by atoms with Gasteiger partial charge in [0.2, 0.25) is 17.7 Å². The molecule has 19 heteroatoms. The predicted octanol–water partition coefficient (Wildman–Crippen LogP) is 1.30. The molecule has 19 atom stereocenters. The summed E-state index contributed by atoms with van der Waals surface area (Å²) >= 11 is 0. The van der Waals surface area contributed by atoms with E-state index in [-0.39, 0.29) is 106 Å². The summed E-state index contributed by atoms with van der Waals surface area (Å²) in [6, 6.07) is -1.26. The molecule has 1 spiro atoms. The van der Waals surface area contributed by atoms with Crippen LogP contribution >= 0.6 is 0 Å². The molecule has 10 bridgehead atoms. The number of nitrogens with two attached hydrogens (primary N) is 2. The lowest BCUT2D eigenvalue weighted by Crippen LogP contribution is -2.58. The molecule has 8 aliphatic heterocycles. The third kappa shape index (κ3) is 12.2. The first kappa shape index (κ1) is 51.4. The Morgan fingerprint density at radius 3 is 2.43 bits per heavy atom. The van der Waals surface area contributed by atoms with Crippen molar-refractivity contribution in [1.29, 1.82) is 0 Å². The van der Waals surface area contributed by atoms with Crippen molar-refractivity contribution < 1.29 is 72.0 Å². The second kappa shape index (κ2) is 22.7. The van der Waals surface area contributed by atoms with Crippen LogP contribution in [0, 0.1) is 11.8 Å². The molecule has 0 aliphatic carbocycles. The van der Waals surface area contributed by atoms with Gasteiger partial charge in [0, 0.05) is 77.5 Å². The van der Waals surface area contributed by atoms with E-state index in [9.17, 15) is 29.4 Å². The lowest BCUT2D eigenvalue weighted by Gasteiger charge is -2.47. The number of amides is 3. The minimum absolute atomic E-state index is 0.0121. The zero-order valence-corrected chi connectivity index (χ0v) is 39.8. The fourth-order valence-electron chi connectivity index (χ4n) is 12.2. The Labute approximate surface area is 399 Å². The van der Waals surface area contributed by atoms with E-state index in [0.29, 0.717) is 51.5 Å². The molecule has 0 aromatic rings. The second-order valence-corrected chi connectivity index (χ2v) is 20.7. The molecular formula is C49H76N4O15. The van der Waals surface area contributed by atoms with Gasteiger partial charge in [-0.3, -0.25) is 19.2 Å². The van der Waals surface area contributed by atoms with Crippen molar-refractivity contribution in [2.45, 2.75) is 213 Å². The van der Waals surface area contributed by atoms with Crippen LogP contribution in [0.2, 0.25) is 0 Å². The van der Waals surface area contributed by atoms with E-state index in [4.69, 9.17) is 54.1 Å². The highest BCUT2D eigenvalue weighted by Crippen LogP contribution is 2.49. The molecule has 0 saturated carbocycles. The number of hydrogen-bond acceptors (Lipinski definition) is 16. The predicted molar refractivity (Wildman–Crippen MR) is 242 cm³/mol. The van der Waals surface area contributed by atoms with Crippen LogP contribution in [0.15, 0.2) is 24.3 Å².